The second-order valence-corrected chi connectivity index (χ2v) is 6.87. The fourth-order valence-electron chi connectivity index (χ4n) is 2.42. The van der Waals surface area contributed by atoms with E-state index in [9.17, 15) is 9.59 Å². The predicted molar refractivity (Wildman–Crippen MR) is 91.6 cm³/mol. The highest BCUT2D eigenvalue weighted by Crippen LogP contribution is 2.19. The van der Waals surface area contributed by atoms with Gasteiger partial charge in [0.2, 0.25) is 5.91 Å². The van der Waals surface area contributed by atoms with Crippen molar-refractivity contribution in [2.45, 2.75) is 38.6 Å². The number of hydrogen-bond acceptors (Lipinski definition) is 3. The maximum atomic E-state index is 12.1. The summed E-state index contributed by atoms with van der Waals surface area (Å²) in [6, 6.07) is 12.9. The SMILES string of the molecule is Cc1ccc(CCCC(=O)NC(CC(=O)O)c2ccccc2)s1. The lowest BCUT2D eigenvalue weighted by atomic mass is 10.0. The van der Waals surface area contributed by atoms with Crippen molar-refractivity contribution >= 4 is 23.2 Å². The number of nitrogens with one attached hydrogen (secondary N) is 1. The molecule has 2 N–H and O–H groups in total. The van der Waals surface area contributed by atoms with Crippen LogP contribution in [0.1, 0.15) is 40.6 Å². The molecule has 122 valence electrons. The highest BCUT2D eigenvalue weighted by atomic mass is 32.1. The smallest absolute Gasteiger partial charge is 0.305 e. The summed E-state index contributed by atoms with van der Waals surface area (Å²) in [6.45, 7) is 2.07. The number of carbonyl (C=O) groups excluding carboxylic acids is 1. The molecule has 5 heteroatoms. The van der Waals surface area contributed by atoms with E-state index in [1.807, 2.05) is 30.3 Å². The minimum atomic E-state index is -0.923. The lowest BCUT2D eigenvalue weighted by Gasteiger charge is -2.17. The van der Waals surface area contributed by atoms with Gasteiger partial charge < -0.3 is 10.4 Å². The van der Waals surface area contributed by atoms with Crippen LogP contribution in [0.5, 0.6) is 0 Å². The van der Waals surface area contributed by atoms with Crippen LogP contribution in [0.2, 0.25) is 0 Å². The second kappa shape index (κ2) is 8.48. The first-order chi connectivity index (χ1) is 11.0. The van der Waals surface area contributed by atoms with E-state index in [2.05, 4.69) is 24.4 Å². The number of aryl methyl sites for hydroxylation is 2. The van der Waals surface area contributed by atoms with Crippen molar-refractivity contribution in [3.8, 4) is 0 Å². The van der Waals surface area contributed by atoms with Crippen LogP contribution in [0.25, 0.3) is 0 Å². The quantitative estimate of drug-likeness (QED) is 0.775. The van der Waals surface area contributed by atoms with E-state index in [-0.39, 0.29) is 12.3 Å². The molecule has 2 aromatic rings. The van der Waals surface area contributed by atoms with Gasteiger partial charge in [0.25, 0.3) is 0 Å². The molecule has 1 aromatic heterocycles. The van der Waals surface area contributed by atoms with Gasteiger partial charge in [-0.15, -0.1) is 11.3 Å². The van der Waals surface area contributed by atoms with Crippen LogP contribution < -0.4 is 5.32 Å². The zero-order chi connectivity index (χ0) is 16.7. The van der Waals surface area contributed by atoms with Crippen molar-refractivity contribution < 1.29 is 14.7 Å². The van der Waals surface area contributed by atoms with Crippen molar-refractivity contribution in [1.29, 1.82) is 0 Å². The Morgan fingerprint density at radius 1 is 1.17 bits per heavy atom. The molecule has 23 heavy (non-hydrogen) atoms. The average molecular weight is 331 g/mol. The van der Waals surface area contributed by atoms with Crippen molar-refractivity contribution in [3.63, 3.8) is 0 Å². The summed E-state index contributed by atoms with van der Waals surface area (Å²) in [4.78, 5) is 25.7. The van der Waals surface area contributed by atoms with Gasteiger partial charge in [-0.05, 0) is 37.5 Å². The van der Waals surface area contributed by atoms with Gasteiger partial charge in [0.1, 0.15) is 0 Å². The Labute approximate surface area is 140 Å². The number of thiophene rings is 1. The molecule has 1 atom stereocenters. The lowest BCUT2D eigenvalue weighted by molar-refractivity contribution is -0.137. The highest BCUT2D eigenvalue weighted by molar-refractivity contribution is 7.11. The number of carbonyl (C=O) groups is 2. The van der Waals surface area contributed by atoms with Crippen LogP contribution >= 0.6 is 11.3 Å². The molecule has 0 bridgehead atoms. The molecular weight excluding hydrogens is 310 g/mol. The summed E-state index contributed by atoms with van der Waals surface area (Å²) in [7, 11) is 0. The first kappa shape index (κ1) is 17.2. The molecular formula is C18H21NO3S. The lowest BCUT2D eigenvalue weighted by Crippen LogP contribution is -2.30. The van der Waals surface area contributed by atoms with Crippen molar-refractivity contribution in [1.82, 2.24) is 5.32 Å². The van der Waals surface area contributed by atoms with Crippen LogP contribution in [0.15, 0.2) is 42.5 Å². The summed E-state index contributed by atoms with van der Waals surface area (Å²) in [5, 5.41) is 11.9. The molecule has 1 aromatic carbocycles. The molecule has 0 saturated heterocycles. The molecule has 1 amide bonds. The summed E-state index contributed by atoms with van der Waals surface area (Å²) < 4.78 is 0. The molecule has 0 spiro atoms. The van der Waals surface area contributed by atoms with Crippen LogP contribution in [0.3, 0.4) is 0 Å². The summed E-state index contributed by atoms with van der Waals surface area (Å²) in [5.74, 6) is -1.03. The predicted octanol–water partition coefficient (Wildman–Crippen LogP) is 3.71. The monoisotopic (exact) mass is 331 g/mol. The molecule has 0 aliphatic heterocycles. The summed E-state index contributed by atoms with van der Waals surface area (Å²) >= 11 is 1.75. The zero-order valence-electron chi connectivity index (χ0n) is 13.1. The molecule has 0 fully saturated rings. The number of amides is 1. The third-order valence-electron chi connectivity index (χ3n) is 3.54. The van der Waals surface area contributed by atoms with Crippen LogP contribution in [0, 0.1) is 6.92 Å². The Morgan fingerprint density at radius 2 is 1.91 bits per heavy atom. The standard InChI is InChI=1S/C18H21NO3S/c1-13-10-11-15(23-13)8-5-9-17(20)19-16(12-18(21)22)14-6-3-2-4-7-14/h2-4,6-7,10-11,16H,5,8-9,12H2,1H3,(H,19,20)(H,21,22). The molecule has 0 saturated carbocycles. The van der Waals surface area contributed by atoms with Gasteiger partial charge in [-0.1, -0.05) is 30.3 Å². The number of carboxylic acid groups (broad SMARTS) is 1. The van der Waals surface area contributed by atoms with Crippen LogP contribution in [0.4, 0.5) is 0 Å². The van der Waals surface area contributed by atoms with E-state index >= 15 is 0 Å². The number of benzene rings is 1. The highest BCUT2D eigenvalue weighted by Gasteiger charge is 2.17. The molecule has 0 aliphatic carbocycles. The second-order valence-electron chi connectivity index (χ2n) is 5.49. The number of hydrogen-bond donors (Lipinski definition) is 2. The van der Waals surface area contributed by atoms with E-state index < -0.39 is 12.0 Å². The zero-order valence-corrected chi connectivity index (χ0v) is 13.9. The number of aliphatic carboxylic acids is 1. The van der Waals surface area contributed by atoms with Gasteiger partial charge in [-0.3, -0.25) is 9.59 Å². The molecule has 0 aliphatic rings. The Bertz CT molecular complexity index is 651. The number of carboxylic acids is 1. The first-order valence-electron chi connectivity index (χ1n) is 7.66. The largest absolute Gasteiger partial charge is 0.481 e. The third-order valence-corrected chi connectivity index (χ3v) is 4.60. The van der Waals surface area contributed by atoms with Gasteiger partial charge in [0.05, 0.1) is 12.5 Å². The fourth-order valence-corrected chi connectivity index (χ4v) is 3.35. The molecule has 1 unspecified atom stereocenters. The molecule has 4 nitrogen and oxygen atoms in total. The van der Waals surface area contributed by atoms with E-state index in [1.165, 1.54) is 9.75 Å². The summed E-state index contributed by atoms with van der Waals surface area (Å²) in [5.41, 5.74) is 0.817. The average Bonchev–Trinajstić information content (AvgIpc) is 2.92. The van der Waals surface area contributed by atoms with E-state index in [0.717, 1.165) is 18.4 Å². The van der Waals surface area contributed by atoms with Crippen LogP contribution in [-0.2, 0) is 16.0 Å². The van der Waals surface area contributed by atoms with Crippen molar-refractivity contribution in [3.05, 3.63) is 57.8 Å². The Hall–Kier alpha value is -2.14. The maximum Gasteiger partial charge on any atom is 0.305 e. The summed E-state index contributed by atoms with van der Waals surface area (Å²) in [6.07, 6.45) is 1.93. The van der Waals surface area contributed by atoms with E-state index in [1.54, 1.807) is 11.3 Å². The van der Waals surface area contributed by atoms with E-state index in [0.29, 0.717) is 6.42 Å². The maximum absolute atomic E-state index is 12.1. The van der Waals surface area contributed by atoms with Gasteiger partial charge in [0.15, 0.2) is 0 Å². The van der Waals surface area contributed by atoms with Gasteiger partial charge in [0, 0.05) is 16.2 Å². The van der Waals surface area contributed by atoms with Crippen molar-refractivity contribution in [2.75, 3.05) is 0 Å². The fraction of sp³-hybridized carbons (Fsp3) is 0.333. The van der Waals surface area contributed by atoms with Gasteiger partial charge >= 0.3 is 5.97 Å². The Balaban J connectivity index is 1.86. The molecule has 1 heterocycles. The van der Waals surface area contributed by atoms with Crippen LogP contribution in [-0.4, -0.2) is 17.0 Å². The third kappa shape index (κ3) is 5.87. The minimum Gasteiger partial charge on any atom is -0.481 e. The Kier molecular flexibility index (Phi) is 6.35. The molecule has 2 rings (SSSR count). The Morgan fingerprint density at radius 3 is 2.52 bits per heavy atom. The van der Waals surface area contributed by atoms with Gasteiger partial charge in [-0.2, -0.15) is 0 Å². The van der Waals surface area contributed by atoms with Crippen molar-refractivity contribution in [2.24, 2.45) is 0 Å². The minimum absolute atomic E-state index is 0.103. The van der Waals surface area contributed by atoms with Gasteiger partial charge in [-0.25, -0.2) is 0 Å². The number of rotatable bonds is 8. The molecule has 0 radical (unpaired) electrons. The topological polar surface area (TPSA) is 66.4 Å². The first-order valence-corrected chi connectivity index (χ1v) is 8.47. The van der Waals surface area contributed by atoms with E-state index in [4.69, 9.17) is 5.11 Å². The normalized spacial score (nSPS) is 11.9.